The van der Waals surface area contributed by atoms with E-state index in [0.29, 0.717) is 34.1 Å². The number of rotatable bonds is 5. The predicted octanol–water partition coefficient (Wildman–Crippen LogP) is 3.27. The summed E-state index contributed by atoms with van der Waals surface area (Å²) in [5.41, 5.74) is 2.23. The minimum absolute atomic E-state index is 0.0779. The molecule has 0 aliphatic heterocycles. The first kappa shape index (κ1) is 15.7. The molecule has 130 valence electrons. The molecular weight excluding hydrogens is 324 g/mol. The quantitative estimate of drug-likeness (QED) is 0.651. The molecule has 1 saturated carbocycles. The van der Waals surface area contributed by atoms with Gasteiger partial charge in [0.1, 0.15) is 0 Å². The van der Waals surface area contributed by atoms with Gasteiger partial charge in [0.05, 0.1) is 16.6 Å². The van der Waals surface area contributed by atoms with E-state index in [9.17, 15) is 4.79 Å². The maximum absolute atomic E-state index is 12.6. The van der Waals surface area contributed by atoms with Crippen LogP contribution in [0.15, 0.2) is 15.1 Å². The van der Waals surface area contributed by atoms with Gasteiger partial charge in [-0.3, -0.25) is 0 Å². The first-order valence-electron chi connectivity index (χ1n) is 8.29. The van der Waals surface area contributed by atoms with Gasteiger partial charge >= 0.3 is 5.97 Å². The van der Waals surface area contributed by atoms with Crippen molar-refractivity contribution in [2.45, 2.75) is 52.1 Å². The lowest BCUT2D eigenvalue weighted by Crippen LogP contribution is -2.08. The molecule has 4 rings (SSSR count). The molecule has 8 nitrogen and oxygen atoms in total. The minimum atomic E-state index is -0.482. The Labute approximate surface area is 143 Å². The zero-order valence-electron chi connectivity index (χ0n) is 14.3. The minimum Gasteiger partial charge on any atom is -0.452 e. The van der Waals surface area contributed by atoms with E-state index in [-0.39, 0.29) is 18.4 Å². The Balaban J connectivity index is 1.59. The molecule has 3 aromatic rings. The maximum atomic E-state index is 12.6. The number of nitrogens with zero attached hydrogens (tertiary/aromatic N) is 4. The standard InChI is InChI=1S/C17H18N4O4/c1-8(2)15-19-13(24-21-15)7-23-17(22)11-6-12(10-4-5-10)18-16-14(11)9(3)20-25-16/h6,8,10H,4-5,7H2,1-3H3. The average molecular weight is 342 g/mol. The van der Waals surface area contributed by atoms with Gasteiger partial charge in [-0.1, -0.05) is 24.2 Å². The number of fused-ring (bicyclic) bond motifs is 1. The topological polar surface area (TPSA) is 104 Å². The van der Waals surface area contributed by atoms with Crippen LogP contribution in [0.1, 0.15) is 72.0 Å². The summed E-state index contributed by atoms with van der Waals surface area (Å²) in [6.07, 6.45) is 2.14. The van der Waals surface area contributed by atoms with Gasteiger partial charge in [0.2, 0.25) is 0 Å². The number of esters is 1. The fourth-order valence-electron chi connectivity index (χ4n) is 2.63. The molecular formula is C17H18N4O4. The Kier molecular flexibility index (Phi) is 3.74. The monoisotopic (exact) mass is 342 g/mol. The summed E-state index contributed by atoms with van der Waals surface area (Å²) in [4.78, 5) is 21.3. The predicted molar refractivity (Wildman–Crippen MR) is 86.0 cm³/mol. The smallest absolute Gasteiger partial charge is 0.339 e. The highest BCUT2D eigenvalue weighted by Gasteiger charge is 2.29. The second-order valence-electron chi connectivity index (χ2n) is 6.59. The van der Waals surface area contributed by atoms with Crippen molar-refractivity contribution in [2.24, 2.45) is 0 Å². The second kappa shape index (κ2) is 5.94. The number of hydrogen-bond donors (Lipinski definition) is 0. The number of aromatic nitrogens is 4. The van der Waals surface area contributed by atoms with Gasteiger partial charge in [-0.25, -0.2) is 9.78 Å². The van der Waals surface area contributed by atoms with Crippen LogP contribution in [0.25, 0.3) is 11.1 Å². The van der Waals surface area contributed by atoms with Gasteiger partial charge < -0.3 is 13.8 Å². The molecule has 3 aromatic heterocycles. The SMILES string of the molecule is Cc1noc2nc(C3CC3)cc(C(=O)OCc3nc(C(C)C)no3)c12. The highest BCUT2D eigenvalue weighted by atomic mass is 16.6. The van der Waals surface area contributed by atoms with Crippen LogP contribution in [-0.4, -0.2) is 26.3 Å². The summed E-state index contributed by atoms with van der Waals surface area (Å²) in [7, 11) is 0. The fraction of sp³-hybridized carbons (Fsp3) is 0.471. The van der Waals surface area contributed by atoms with Crippen LogP contribution in [0.4, 0.5) is 0 Å². The molecule has 0 amide bonds. The van der Waals surface area contributed by atoms with Crippen LogP contribution < -0.4 is 0 Å². The van der Waals surface area contributed by atoms with E-state index in [1.807, 2.05) is 13.8 Å². The highest BCUT2D eigenvalue weighted by Crippen LogP contribution is 2.40. The Morgan fingerprint density at radius 2 is 2.08 bits per heavy atom. The summed E-state index contributed by atoms with van der Waals surface area (Å²) in [5, 5.41) is 8.36. The molecule has 0 radical (unpaired) electrons. The zero-order valence-corrected chi connectivity index (χ0v) is 14.3. The lowest BCUT2D eigenvalue weighted by molar-refractivity contribution is 0.0432. The van der Waals surface area contributed by atoms with Crippen molar-refractivity contribution in [1.29, 1.82) is 0 Å². The van der Waals surface area contributed by atoms with E-state index in [0.717, 1.165) is 18.5 Å². The molecule has 1 fully saturated rings. The van der Waals surface area contributed by atoms with E-state index in [1.165, 1.54) is 0 Å². The lowest BCUT2D eigenvalue weighted by atomic mass is 10.1. The Morgan fingerprint density at radius 1 is 1.28 bits per heavy atom. The summed E-state index contributed by atoms with van der Waals surface area (Å²) in [6.45, 7) is 5.62. The summed E-state index contributed by atoms with van der Waals surface area (Å²) >= 11 is 0. The molecule has 0 N–H and O–H groups in total. The van der Waals surface area contributed by atoms with Crippen molar-refractivity contribution in [2.75, 3.05) is 0 Å². The van der Waals surface area contributed by atoms with E-state index in [4.69, 9.17) is 13.8 Å². The van der Waals surface area contributed by atoms with Gasteiger partial charge in [-0.2, -0.15) is 4.98 Å². The molecule has 0 aromatic carbocycles. The number of carbonyl (C=O) groups excluding carboxylic acids is 1. The third kappa shape index (κ3) is 2.99. The number of carbonyl (C=O) groups is 1. The fourth-order valence-corrected chi connectivity index (χ4v) is 2.63. The third-order valence-corrected chi connectivity index (χ3v) is 4.18. The van der Waals surface area contributed by atoms with Crippen molar-refractivity contribution in [3.8, 4) is 0 Å². The number of hydrogen-bond acceptors (Lipinski definition) is 8. The number of pyridine rings is 1. The molecule has 0 saturated heterocycles. The van der Waals surface area contributed by atoms with Crippen molar-refractivity contribution in [1.82, 2.24) is 20.3 Å². The van der Waals surface area contributed by atoms with Crippen molar-refractivity contribution in [3.05, 3.63) is 34.7 Å². The Morgan fingerprint density at radius 3 is 2.76 bits per heavy atom. The zero-order chi connectivity index (χ0) is 17.6. The maximum Gasteiger partial charge on any atom is 0.339 e. The third-order valence-electron chi connectivity index (χ3n) is 4.18. The van der Waals surface area contributed by atoms with Gasteiger partial charge in [0, 0.05) is 17.5 Å². The first-order chi connectivity index (χ1) is 12.0. The Bertz CT molecular complexity index is 939. The molecule has 1 aliphatic rings. The second-order valence-corrected chi connectivity index (χ2v) is 6.59. The van der Waals surface area contributed by atoms with Gasteiger partial charge in [0.25, 0.3) is 11.6 Å². The van der Waals surface area contributed by atoms with Crippen LogP contribution in [0, 0.1) is 6.92 Å². The van der Waals surface area contributed by atoms with E-state index < -0.39 is 5.97 Å². The number of aryl methyl sites for hydroxylation is 1. The molecule has 0 atom stereocenters. The van der Waals surface area contributed by atoms with Crippen molar-refractivity contribution < 1.29 is 18.6 Å². The molecule has 0 unspecified atom stereocenters. The molecule has 0 bridgehead atoms. The van der Waals surface area contributed by atoms with Crippen LogP contribution in [0.2, 0.25) is 0 Å². The van der Waals surface area contributed by atoms with E-state index in [1.54, 1.807) is 13.0 Å². The lowest BCUT2D eigenvalue weighted by Gasteiger charge is -2.05. The summed E-state index contributed by atoms with van der Waals surface area (Å²) in [5.74, 6) is 0.902. The van der Waals surface area contributed by atoms with Crippen LogP contribution in [0.3, 0.4) is 0 Å². The summed E-state index contributed by atoms with van der Waals surface area (Å²) in [6, 6.07) is 1.78. The van der Waals surface area contributed by atoms with E-state index in [2.05, 4.69) is 20.3 Å². The van der Waals surface area contributed by atoms with Crippen LogP contribution >= 0.6 is 0 Å². The number of ether oxygens (including phenoxy) is 1. The highest BCUT2D eigenvalue weighted by molar-refractivity contribution is 6.03. The van der Waals surface area contributed by atoms with Crippen LogP contribution in [0.5, 0.6) is 0 Å². The van der Waals surface area contributed by atoms with Gasteiger partial charge in [-0.05, 0) is 25.8 Å². The summed E-state index contributed by atoms with van der Waals surface area (Å²) < 4.78 is 15.7. The molecule has 8 heteroatoms. The van der Waals surface area contributed by atoms with Crippen LogP contribution in [-0.2, 0) is 11.3 Å². The normalized spacial score (nSPS) is 14.4. The average Bonchev–Trinajstić information content (AvgIpc) is 3.22. The molecule has 25 heavy (non-hydrogen) atoms. The van der Waals surface area contributed by atoms with Crippen molar-refractivity contribution >= 4 is 17.1 Å². The largest absolute Gasteiger partial charge is 0.452 e. The Hall–Kier alpha value is -2.77. The van der Waals surface area contributed by atoms with Gasteiger partial charge in [-0.15, -0.1) is 0 Å². The molecule has 0 spiro atoms. The molecule has 3 heterocycles. The molecule has 1 aliphatic carbocycles. The van der Waals surface area contributed by atoms with Crippen molar-refractivity contribution in [3.63, 3.8) is 0 Å². The van der Waals surface area contributed by atoms with E-state index >= 15 is 0 Å². The van der Waals surface area contributed by atoms with Gasteiger partial charge in [0.15, 0.2) is 12.4 Å². The first-order valence-corrected chi connectivity index (χ1v) is 8.29.